The van der Waals surface area contributed by atoms with Gasteiger partial charge in [0.25, 0.3) is 0 Å². The fourth-order valence-electron chi connectivity index (χ4n) is 1.02. The quantitative estimate of drug-likeness (QED) is 0.414. The van der Waals surface area contributed by atoms with Crippen molar-refractivity contribution in [2.45, 2.75) is 6.92 Å². The van der Waals surface area contributed by atoms with Crippen LogP contribution in [0.1, 0.15) is 6.92 Å². The highest BCUT2D eigenvalue weighted by Crippen LogP contribution is 2.20. The molecule has 0 aliphatic heterocycles. The molecule has 12 heavy (non-hydrogen) atoms. The molecule has 0 saturated carbocycles. The van der Waals surface area contributed by atoms with Gasteiger partial charge in [-0.15, -0.1) is 5.76 Å². The molecule has 0 radical (unpaired) electrons. The summed E-state index contributed by atoms with van der Waals surface area (Å²) in [7, 11) is 1.29. The molecule has 0 heterocycles. The van der Waals surface area contributed by atoms with Crippen LogP contribution >= 0.6 is 0 Å². The van der Waals surface area contributed by atoms with Crippen LogP contribution in [0.3, 0.4) is 0 Å². The Morgan fingerprint density at radius 1 is 1.58 bits per heavy atom. The van der Waals surface area contributed by atoms with Gasteiger partial charge in [0.05, 0.1) is 12.7 Å². The van der Waals surface area contributed by atoms with E-state index in [1.54, 1.807) is 18.2 Å². The number of methoxy groups -OCH3 is 1. The molecule has 0 fully saturated rings. The second-order valence-electron chi connectivity index (χ2n) is 2.40. The van der Waals surface area contributed by atoms with Crippen molar-refractivity contribution in [1.29, 1.82) is 0 Å². The molecule has 1 aliphatic carbocycles. The van der Waals surface area contributed by atoms with Gasteiger partial charge in [0.15, 0.2) is 0 Å². The van der Waals surface area contributed by atoms with E-state index < -0.39 is 5.97 Å². The minimum Gasteiger partial charge on any atom is -0.875 e. The Kier molecular flexibility index (Phi) is 2.33. The smallest absolute Gasteiger partial charge is 0.338 e. The Morgan fingerprint density at radius 2 is 2.25 bits per heavy atom. The second kappa shape index (κ2) is 3.26. The van der Waals surface area contributed by atoms with Gasteiger partial charge in [-0.05, 0) is 11.6 Å². The van der Waals surface area contributed by atoms with Crippen LogP contribution in [0.15, 0.2) is 35.1 Å². The maximum atomic E-state index is 11.0. The van der Waals surface area contributed by atoms with Crippen LogP contribution in [0, 0.1) is 0 Å². The highest BCUT2D eigenvalue weighted by molar-refractivity contribution is 5.96. The molecule has 0 aromatic carbocycles. The fraction of sp³-hybridized carbons (Fsp3) is 0.222. The van der Waals surface area contributed by atoms with E-state index in [-0.39, 0.29) is 5.76 Å². The van der Waals surface area contributed by atoms with E-state index in [1.165, 1.54) is 14.0 Å². The number of allylic oxidation sites excluding steroid dienone is 4. The zero-order valence-corrected chi connectivity index (χ0v) is 6.96. The van der Waals surface area contributed by atoms with Gasteiger partial charge in [-0.3, -0.25) is 0 Å². The third-order valence-corrected chi connectivity index (χ3v) is 1.60. The Bertz CT molecular complexity index is 291. The topological polar surface area (TPSA) is 49.4 Å². The maximum absolute atomic E-state index is 11.0. The summed E-state index contributed by atoms with van der Waals surface area (Å²) >= 11 is 0. The number of carbonyl (C=O) groups is 1. The van der Waals surface area contributed by atoms with Crippen LogP contribution in [0.25, 0.3) is 0 Å². The lowest BCUT2D eigenvalue weighted by molar-refractivity contribution is -0.302. The van der Waals surface area contributed by atoms with Crippen molar-refractivity contribution in [3.05, 3.63) is 35.1 Å². The van der Waals surface area contributed by atoms with Gasteiger partial charge < -0.3 is 9.84 Å². The summed E-state index contributed by atoms with van der Waals surface area (Å²) in [6, 6.07) is 0. The average Bonchev–Trinajstić information content (AvgIpc) is 2.50. The lowest BCUT2D eigenvalue weighted by atomic mass is 10.1. The van der Waals surface area contributed by atoms with Crippen LogP contribution in [0.4, 0.5) is 0 Å². The largest absolute Gasteiger partial charge is 0.875 e. The molecule has 3 nitrogen and oxygen atoms in total. The normalized spacial score (nSPS) is 19.0. The third kappa shape index (κ3) is 1.39. The first-order chi connectivity index (χ1) is 5.66. The van der Waals surface area contributed by atoms with E-state index in [0.717, 1.165) is 0 Å². The molecule has 0 amide bonds. The van der Waals surface area contributed by atoms with Crippen molar-refractivity contribution in [2.75, 3.05) is 7.11 Å². The Balaban J connectivity index is 2.97. The molecule has 1 rings (SSSR count). The van der Waals surface area contributed by atoms with Crippen LogP contribution < -0.4 is 5.11 Å². The monoisotopic (exact) mass is 165 g/mol. The standard InChI is InChI=1S/C9H10O3/c1-6(10)7-4-3-5-8(7)9(11)12-2/h3-5,10H,1-2H3/p-1/b7-6-. The molecule has 0 bridgehead atoms. The van der Waals surface area contributed by atoms with Crippen molar-refractivity contribution in [3.8, 4) is 0 Å². The third-order valence-electron chi connectivity index (χ3n) is 1.60. The van der Waals surface area contributed by atoms with E-state index >= 15 is 0 Å². The van der Waals surface area contributed by atoms with Crippen molar-refractivity contribution in [3.63, 3.8) is 0 Å². The predicted octanol–water partition coefficient (Wildman–Crippen LogP) is 0.290. The molecule has 0 aromatic heterocycles. The minimum absolute atomic E-state index is 0.125. The number of rotatable bonds is 1. The summed E-state index contributed by atoms with van der Waals surface area (Å²) in [5, 5.41) is 10.9. The van der Waals surface area contributed by atoms with Crippen molar-refractivity contribution in [1.82, 2.24) is 0 Å². The number of carbonyl (C=O) groups excluding carboxylic acids is 1. The van der Waals surface area contributed by atoms with E-state index in [1.807, 2.05) is 0 Å². The minimum atomic E-state index is -0.467. The molecule has 0 aromatic rings. The van der Waals surface area contributed by atoms with Gasteiger partial charge >= 0.3 is 5.97 Å². The molecule has 0 unspecified atom stereocenters. The molecule has 0 atom stereocenters. The van der Waals surface area contributed by atoms with Gasteiger partial charge in [-0.1, -0.05) is 19.1 Å². The number of hydrogen-bond donors (Lipinski definition) is 0. The van der Waals surface area contributed by atoms with Crippen molar-refractivity contribution >= 4 is 5.97 Å². The van der Waals surface area contributed by atoms with Crippen LogP contribution in [0.5, 0.6) is 0 Å². The van der Waals surface area contributed by atoms with Crippen molar-refractivity contribution in [2.24, 2.45) is 0 Å². The number of ether oxygens (including phenoxy) is 1. The van der Waals surface area contributed by atoms with Crippen molar-refractivity contribution < 1.29 is 14.6 Å². The molecule has 3 heteroatoms. The summed E-state index contributed by atoms with van der Waals surface area (Å²) in [5.41, 5.74) is 0.756. The van der Waals surface area contributed by atoms with Gasteiger partial charge in [-0.2, -0.15) is 0 Å². The van der Waals surface area contributed by atoms with Crippen LogP contribution in [-0.2, 0) is 9.53 Å². The number of esters is 1. The highest BCUT2D eigenvalue weighted by atomic mass is 16.5. The lowest BCUT2D eigenvalue weighted by Crippen LogP contribution is -2.10. The molecular weight excluding hydrogens is 156 g/mol. The maximum Gasteiger partial charge on any atom is 0.338 e. The molecule has 0 N–H and O–H groups in total. The Morgan fingerprint density at radius 3 is 2.75 bits per heavy atom. The molecule has 0 spiro atoms. The number of hydrogen-bond acceptors (Lipinski definition) is 3. The van der Waals surface area contributed by atoms with E-state index in [9.17, 15) is 9.90 Å². The van der Waals surface area contributed by atoms with Crippen LogP contribution in [-0.4, -0.2) is 13.1 Å². The SMILES string of the molecule is COC(=O)C1=CC=C/C1=C(\C)[O-]. The lowest BCUT2D eigenvalue weighted by Gasteiger charge is -2.10. The first-order valence-corrected chi connectivity index (χ1v) is 3.51. The predicted molar refractivity (Wildman–Crippen MR) is 41.9 cm³/mol. The van der Waals surface area contributed by atoms with Crippen LogP contribution in [0.2, 0.25) is 0 Å². The van der Waals surface area contributed by atoms with Gasteiger partial charge in [0.1, 0.15) is 0 Å². The summed E-state index contributed by atoms with van der Waals surface area (Å²) in [6.45, 7) is 1.42. The summed E-state index contributed by atoms with van der Waals surface area (Å²) in [4.78, 5) is 11.0. The average molecular weight is 165 g/mol. The van der Waals surface area contributed by atoms with Gasteiger partial charge in [0.2, 0.25) is 0 Å². The molecule has 1 aliphatic rings. The molecular formula is C9H9O3-. The second-order valence-corrected chi connectivity index (χ2v) is 2.40. The van der Waals surface area contributed by atoms with E-state index in [2.05, 4.69) is 4.74 Å². The van der Waals surface area contributed by atoms with Gasteiger partial charge in [0, 0.05) is 0 Å². The van der Waals surface area contributed by atoms with Gasteiger partial charge in [-0.25, -0.2) is 4.79 Å². The first-order valence-electron chi connectivity index (χ1n) is 3.51. The Labute approximate surface area is 70.7 Å². The molecule has 0 saturated heterocycles. The summed E-state index contributed by atoms with van der Waals surface area (Å²) in [5.74, 6) is -0.592. The summed E-state index contributed by atoms with van der Waals surface area (Å²) in [6.07, 6.45) is 4.83. The first kappa shape index (κ1) is 8.59. The Hall–Kier alpha value is -1.51. The zero-order chi connectivity index (χ0) is 9.14. The van der Waals surface area contributed by atoms with E-state index in [4.69, 9.17) is 0 Å². The molecule has 64 valence electrons. The highest BCUT2D eigenvalue weighted by Gasteiger charge is 2.14. The zero-order valence-electron chi connectivity index (χ0n) is 6.96. The summed E-state index contributed by atoms with van der Waals surface area (Å²) < 4.78 is 4.49. The van der Waals surface area contributed by atoms with E-state index in [0.29, 0.717) is 11.1 Å². The fourth-order valence-corrected chi connectivity index (χ4v) is 1.02.